The molecule has 0 heterocycles. The average Bonchev–Trinajstić information content (AvgIpc) is 2.03. The molecule has 0 saturated carbocycles. The van der Waals surface area contributed by atoms with Crippen LogP contribution in [0.15, 0.2) is 0 Å². The summed E-state index contributed by atoms with van der Waals surface area (Å²) in [7, 11) is 19.5. The largest absolute Gasteiger partial charge is 1.00 e. The van der Waals surface area contributed by atoms with E-state index in [1.807, 2.05) is 0 Å². The fourth-order valence-corrected chi connectivity index (χ4v) is 0. The van der Waals surface area contributed by atoms with Gasteiger partial charge in [-0.1, -0.05) is 98.2 Å². The molecule has 0 fully saturated rings. The van der Waals surface area contributed by atoms with Gasteiger partial charge in [-0.25, -0.2) is 0 Å². The number of hydrogen-bond donors (Lipinski definition) is 0. The molecule has 186 valence electrons. The molecule has 0 spiro atoms. The maximum absolute atomic E-state index is 5.67. The van der Waals surface area contributed by atoms with Gasteiger partial charge in [0.05, 0.1) is 0 Å². The first kappa shape index (κ1) is 70.8. The molecule has 0 aromatic heterocycles. The van der Waals surface area contributed by atoms with Gasteiger partial charge in [-0.05, 0) is 0 Å². The van der Waals surface area contributed by atoms with Crippen LogP contribution >= 0.6 is 46.8 Å². The molecule has 0 rings (SSSR count). The van der Waals surface area contributed by atoms with Gasteiger partial charge >= 0.3 is 87.3 Å². The third kappa shape index (κ3) is 1280. The molecule has 0 amide bonds. The second-order valence-electron chi connectivity index (χ2n) is 8.50. The van der Waals surface area contributed by atoms with Crippen molar-refractivity contribution in [3.05, 3.63) is 7.43 Å². The van der Waals surface area contributed by atoms with Crippen LogP contribution in [0.4, 0.5) is 0 Å². The maximum Gasteiger partial charge on any atom is 1.00 e. The van der Waals surface area contributed by atoms with Gasteiger partial charge in [-0.15, -0.1) is 0 Å². The summed E-state index contributed by atoms with van der Waals surface area (Å²) in [6, 6.07) is 0. The van der Waals surface area contributed by atoms with Gasteiger partial charge in [-0.2, -0.15) is 11.1 Å². The van der Waals surface area contributed by atoms with Gasteiger partial charge in [0, 0.05) is 59.1 Å². The average molecular weight is 846 g/mol. The van der Waals surface area contributed by atoms with Gasteiger partial charge in [0.15, 0.2) is 0 Å². The van der Waals surface area contributed by atoms with Crippen LogP contribution < -0.4 is 50.1 Å². The Balaban J connectivity index is -0.0000000145. The van der Waals surface area contributed by atoms with Gasteiger partial charge in [0.1, 0.15) is 7.38 Å². The van der Waals surface area contributed by atoms with E-state index >= 15 is 0 Å². The topological polar surface area (TPSA) is 0 Å². The number of rotatable bonds is 0. The molecule has 15 heteroatoms. The molecule has 0 nitrogen and oxygen atoms in total. The Morgan fingerprint density at radius 2 is 0.548 bits per heavy atom. The van der Waals surface area contributed by atoms with Gasteiger partial charge in [0.25, 0.3) is 0 Å². The Morgan fingerprint density at radius 1 is 0.548 bits per heavy atom. The molecular weight excluding hydrogens is 797 g/mol. The third-order valence-corrected chi connectivity index (χ3v) is 0. The minimum atomic E-state index is -3.29. The molecule has 0 aliphatic carbocycles. The minimum Gasteiger partial charge on any atom is -1.00 e. The van der Waals surface area contributed by atoms with E-state index < -0.39 is 21.3 Å². The molecule has 0 bridgehead atoms. The molecule has 0 saturated heterocycles. The van der Waals surface area contributed by atoms with Crippen molar-refractivity contribution >= 4 is 127 Å². The summed E-state index contributed by atoms with van der Waals surface area (Å²) in [4.78, 5) is 0. The predicted octanol–water partition coefficient (Wildman–Crippen LogP) is 1.11. The molecule has 0 aliphatic heterocycles. The first-order valence-electron chi connectivity index (χ1n) is 8.44. The van der Waals surface area contributed by atoms with Crippen LogP contribution in [-0.2, 0) is 0 Å². The second-order valence-corrected chi connectivity index (χ2v) is 53.5. The molecular formula is C16H49Cl6Li2Si5Sn2-. The SMILES string of the molecule is C[Si](C)(C)Cl.C[Si](C)C.C[Si](C)C.C[Si](C)C.C[Si](C)C.[CH3-].[Cl-].[Cl][Sn]([Cl])([Cl])[Cl].[H-].[Li+].[Li+].[Sn]. The summed E-state index contributed by atoms with van der Waals surface area (Å²) < 4.78 is 0. The molecule has 0 aromatic carbocycles. The minimum absolute atomic E-state index is 0. The van der Waals surface area contributed by atoms with E-state index in [0.29, 0.717) is 0 Å². The zero-order chi connectivity index (χ0) is 23.3. The van der Waals surface area contributed by atoms with Crippen LogP contribution in [0.2, 0.25) is 98.2 Å². The van der Waals surface area contributed by atoms with Crippen molar-refractivity contribution in [2.75, 3.05) is 0 Å². The zero-order valence-corrected chi connectivity index (χ0v) is 39.0. The van der Waals surface area contributed by atoms with E-state index in [4.69, 9.17) is 46.8 Å². The molecule has 0 aliphatic rings. The zero-order valence-electron chi connectivity index (χ0n) is 24.8. The number of halogens is 6. The summed E-state index contributed by atoms with van der Waals surface area (Å²) in [5, 5.41) is 0. The predicted molar refractivity (Wildman–Crippen MR) is 165 cm³/mol. The monoisotopic (exact) mass is 845 g/mol. The first-order chi connectivity index (χ1) is 10.9. The van der Waals surface area contributed by atoms with Crippen LogP contribution in [0.1, 0.15) is 1.43 Å². The van der Waals surface area contributed by atoms with E-state index in [1.54, 1.807) is 0 Å². The van der Waals surface area contributed by atoms with Crippen LogP contribution in [0.3, 0.4) is 0 Å². The van der Waals surface area contributed by atoms with Crippen molar-refractivity contribution < 1.29 is 51.6 Å². The van der Waals surface area contributed by atoms with Crippen LogP contribution in [-0.4, -0.2) is 80.3 Å². The van der Waals surface area contributed by atoms with Gasteiger partial charge in [0.2, 0.25) is 0 Å². The molecule has 0 N–H and O–H groups in total. The molecule has 0 atom stereocenters. The van der Waals surface area contributed by atoms with Crippen molar-refractivity contribution in [2.45, 2.75) is 98.2 Å². The Kier molecular flexibility index (Phi) is 111. The number of hydrogen-bond acceptors (Lipinski definition) is 0. The Hall–Kier alpha value is 5.62. The fourth-order valence-electron chi connectivity index (χ4n) is 0. The third-order valence-electron chi connectivity index (χ3n) is 0. The van der Waals surface area contributed by atoms with E-state index in [-0.39, 0.29) is 118 Å². The normalized spacial score (nSPS) is 8.52. The van der Waals surface area contributed by atoms with Crippen LogP contribution in [0.25, 0.3) is 0 Å². The molecule has 31 heavy (non-hydrogen) atoms. The summed E-state index contributed by atoms with van der Waals surface area (Å²) in [6.45, 7) is 33.5. The molecule has 8 radical (unpaired) electrons. The Bertz CT molecular complexity index is 199. The summed E-state index contributed by atoms with van der Waals surface area (Å²) in [5.74, 6) is 0. The van der Waals surface area contributed by atoms with Crippen molar-refractivity contribution in [1.82, 2.24) is 0 Å². The quantitative estimate of drug-likeness (QED) is 0.195. The summed E-state index contributed by atoms with van der Waals surface area (Å²) in [5.41, 5.74) is 0. The van der Waals surface area contributed by atoms with Crippen LogP contribution in [0.5, 0.6) is 0 Å². The van der Waals surface area contributed by atoms with Crippen molar-refractivity contribution in [1.29, 1.82) is 0 Å². The Labute approximate surface area is 280 Å². The van der Waals surface area contributed by atoms with Crippen LogP contribution in [0, 0.1) is 7.43 Å². The van der Waals surface area contributed by atoms with E-state index in [9.17, 15) is 0 Å². The van der Waals surface area contributed by atoms with Gasteiger partial charge in [-0.3, -0.25) is 0 Å². The van der Waals surface area contributed by atoms with Crippen molar-refractivity contribution in [3.63, 3.8) is 0 Å². The second kappa shape index (κ2) is 48.7. The standard InChI is InChI=1S/C3H9ClSi.4C3H9Si.CH3.5ClH.2Li.2Sn.H/c1-5(2,3)4;4*1-4(2)3;;;;;;;;;;;/h1-3H3;4*1-3H3;1H3;5*1H;;;;;/q;;;;;-1;;;;;;2*+1;;+4;-1/p-5. The van der Waals surface area contributed by atoms with E-state index in [1.165, 1.54) is 0 Å². The van der Waals surface area contributed by atoms with E-state index in [0.717, 1.165) is 0 Å². The summed E-state index contributed by atoms with van der Waals surface area (Å²) in [6.07, 6.45) is 0. The fraction of sp³-hybridized carbons (Fsp3) is 0.938. The Morgan fingerprint density at radius 3 is 0.548 bits per heavy atom. The maximum atomic E-state index is 5.67. The smallest absolute Gasteiger partial charge is 1.00 e. The van der Waals surface area contributed by atoms with Gasteiger partial charge < -0.3 is 21.3 Å². The van der Waals surface area contributed by atoms with Crippen molar-refractivity contribution in [2.24, 2.45) is 0 Å². The van der Waals surface area contributed by atoms with Crippen molar-refractivity contribution in [3.8, 4) is 0 Å². The molecule has 0 unspecified atom stereocenters. The molecule has 0 aromatic rings. The summed E-state index contributed by atoms with van der Waals surface area (Å²) >= 11 is 2.38. The van der Waals surface area contributed by atoms with E-state index in [2.05, 4.69) is 98.2 Å². The first-order valence-corrected chi connectivity index (χ1v) is 39.4.